The third kappa shape index (κ3) is 3.25. The molecule has 0 aliphatic carbocycles. The smallest absolute Gasteiger partial charge is 0.0594 e. The number of ether oxygens (including phenoxy) is 1. The van der Waals surface area contributed by atoms with Crippen LogP contribution < -0.4 is 5.73 Å². The van der Waals surface area contributed by atoms with E-state index in [0.717, 1.165) is 45.8 Å². The molecule has 0 aromatic rings. The molecular weight excluding hydrogens is 164 g/mol. The van der Waals surface area contributed by atoms with Crippen molar-refractivity contribution < 1.29 is 4.74 Å². The molecule has 1 unspecified atom stereocenters. The van der Waals surface area contributed by atoms with Gasteiger partial charge in [-0.25, -0.2) is 0 Å². The minimum atomic E-state index is 0.289. The highest BCUT2D eigenvalue weighted by Gasteiger charge is 2.24. The van der Waals surface area contributed by atoms with Crippen LogP contribution in [0.5, 0.6) is 0 Å². The quantitative estimate of drug-likeness (QED) is 0.702. The van der Waals surface area contributed by atoms with E-state index in [0.29, 0.717) is 0 Å². The summed E-state index contributed by atoms with van der Waals surface area (Å²) in [5.74, 6) is 0. The van der Waals surface area contributed by atoms with Crippen molar-refractivity contribution in [2.75, 3.05) is 39.4 Å². The fraction of sp³-hybridized carbons (Fsp3) is 1.00. The lowest BCUT2D eigenvalue weighted by molar-refractivity contribution is 0.0192. The molecule has 1 rings (SSSR count). The summed E-state index contributed by atoms with van der Waals surface area (Å²) in [5.41, 5.74) is 6.07. The first-order valence-electron chi connectivity index (χ1n) is 5.20. The van der Waals surface area contributed by atoms with E-state index in [1.807, 2.05) is 0 Å². The molecule has 0 aromatic carbocycles. The lowest BCUT2D eigenvalue weighted by Gasteiger charge is -2.35. The lowest BCUT2D eigenvalue weighted by Crippen LogP contribution is -2.45. The standard InChI is InChI=1S/C10H22N2O/c1-3-10(2,8-11)9-12-4-6-13-7-5-12/h3-9,11H2,1-2H3. The molecule has 78 valence electrons. The number of nitrogens with two attached hydrogens (primary N) is 1. The number of morpholine rings is 1. The third-order valence-corrected chi connectivity index (χ3v) is 3.06. The van der Waals surface area contributed by atoms with Crippen molar-refractivity contribution in [3.63, 3.8) is 0 Å². The zero-order chi connectivity index (χ0) is 9.73. The van der Waals surface area contributed by atoms with Crippen LogP contribution in [0.4, 0.5) is 0 Å². The highest BCUT2D eigenvalue weighted by atomic mass is 16.5. The molecule has 3 heteroatoms. The SMILES string of the molecule is CCC(C)(CN)CN1CCOCC1. The second-order valence-corrected chi connectivity index (χ2v) is 4.26. The van der Waals surface area contributed by atoms with E-state index >= 15 is 0 Å². The fourth-order valence-corrected chi connectivity index (χ4v) is 1.62. The van der Waals surface area contributed by atoms with E-state index in [2.05, 4.69) is 18.7 Å². The first-order valence-corrected chi connectivity index (χ1v) is 5.20. The van der Waals surface area contributed by atoms with Crippen LogP contribution in [0.2, 0.25) is 0 Å². The molecule has 0 spiro atoms. The van der Waals surface area contributed by atoms with Crippen LogP contribution in [-0.4, -0.2) is 44.3 Å². The van der Waals surface area contributed by atoms with Gasteiger partial charge >= 0.3 is 0 Å². The summed E-state index contributed by atoms with van der Waals surface area (Å²) < 4.78 is 5.31. The van der Waals surface area contributed by atoms with Crippen LogP contribution in [0.1, 0.15) is 20.3 Å². The molecule has 1 aliphatic heterocycles. The maximum Gasteiger partial charge on any atom is 0.0594 e. The van der Waals surface area contributed by atoms with Crippen LogP contribution >= 0.6 is 0 Å². The van der Waals surface area contributed by atoms with Gasteiger partial charge in [0.1, 0.15) is 0 Å². The highest BCUT2D eigenvalue weighted by Crippen LogP contribution is 2.21. The average molecular weight is 186 g/mol. The predicted octanol–water partition coefficient (Wildman–Crippen LogP) is 0.694. The van der Waals surface area contributed by atoms with Gasteiger partial charge in [-0.05, 0) is 18.4 Å². The Morgan fingerprint density at radius 3 is 2.46 bits per heavy atom. The summed E-state index contributed by atoms with van der Waals surface area (Å²) in [6.07, 6.45) is 1.15. The van der Waals surface area contributed by atoms with Crippen LogP contribution in [-0.2, 0) is 4.74 Å². The zero-order valence-corrected chi connectivity index (χ0v) is 8.88. The van der Waals surface area contributed by atoms with Crippen LogP contribution in [0, 0.1) is 5.41 Å². The highest BCUT2D eigenvalue weighted by molar-refractivity contribution is 4.79. The Balaban J connectivity index is 2.35. The predicted molar refractivity (Wildman–Crippen MR) is 54.7 cm³/mol. The largest absolute Gasteiger partial charge is 0.379 e. The monoisotopic (exact) mass is 186 g/mol. The fourth-order valence-electron chi connectivity index (χ4n) is 1.62. The Labute approximate surface area is 81.2 Å². The molecule has 2 N–H and O–H groups in total. The molecular formula is C10H22N2O. The maximum absolute atomic E-state index is 5.78. The third-order valence-electron chi connectivity index (χ3n) is 3.06. The van der Waals surface area contributed by atoms with Crippen LogP contribution in [0.3, 0.4) is 0 Å². The average Bonchev–Trinajstić information content (AvgIpc) is 2.19. The number of rotatable bonds is 4. The molecule has 0 bridgehead atoms. The second kappa shape index (κ2) is 4.94. The van der Waals surface area contributed by atoms with Crippen LogP contribution in [0.25, 0.3) is 0 Å². The minimum absolute atomic E-state index is 0.289. The van der Waals surface area contributed by atoms with Gasteiger partial charge in [0.25, 0.3) is 0 Å². The molecule has 1 atom stereocenters. The summed E-state index contributed by atoms with van der Waals surface area (Å²) in [7, 11) is 0. The molecule has 1 saturated heterocycles. The first-order chi connectivity index (χ1) is 6.20. The van der Waals surface area contributed by atoms with Gasteiger partial charge in [0.15, 0.2) is 0 Å². The van der Waals surface area contributed by atoms with Crippen molar-refractivity contribution in [3.8, 4) is 0 Å². The summed E-state index contributed by atoms with van der Waals surface area (Å²) in [6, 6.07) is 0. The minimum Gasteiger partial charge on any atom is -0.379 e. The summed E-state index contributed by atoms with van der Waals surface area (Å²) >= 11 is 0. The van der Waals surface area contributed by atoms with E-state index in [4.69, 9.17) is 10.5 Å². The van der Waals surface area contributed by atoms with Gasteiger partial charge in [-0.15, -0.1) is 0 Å². The van der Waals surface area contributed by atoms with Gasteiger partial charge in [0, 0.05) is 19.6 Å². The van der Waals surface area contributed by atoms with Crippen molar-refractivity contribution >= 4 is 0 Å². The van der Waals surface area contributed by atoms with Crippen molar-refractivity contribution in [2.45, 2.75) is 20.3 Å². The van der Waals surface area contributed by atoms with Gasteiger partial charge in [-0.1, -0.05) is 13.8 Å². The van der Waals surface area contributed by atoms with Gasteiger partial charge in [-0.3, -0.25) is 4.90 Å². The van der Waals surface area contributed by atoms with Gasteiger partial charge in [0.05, 0.1) is 13.2 Å². The van der Waals surface area contributed by atoms with E-state index in [9.17, 15) is 0 Å². The van der Waals surface area contributed by atoms with Crippen molar-refractivity contribution in [1.82, 2.24) is 4.90 Å². The Morgan fingerprint density at radius 2 is 2.00 bits per heavy atom. The first kappa shape index (κ1) is 11.0. The molecule has 0 aromatic heterocycles. The summed E-state index contributed by atoms with van der Waals surface area (Å²) in [6.45, 7) is 10.3. The van der Waals surface area contributed by atoms with Crippen molar-refractivity contribution in [3.05, 3.63) is 0 Å². The Kier molecular flexibility index (Phi) is 4.16. The lowest BCUT2D eigenvalue weighted by atomic mass is 9.87. The van der Waals surface area contributed by atoms with Gasteiger partial charge in [-0.2, -0.15) is 0 Å². The molecule has 1 heterocycles. The summed E-state index contributed by atoms with van der Waals surface area (Å²) in [5, 5.41) is 0. The summed E-state index contributed by atoms with van der Waals surface area (Å²) in [4.78, 5) is 2.46. The Hall–Kier alpha value is -0.120. The van der Waals surface area contributed by atoms with Gasteiger partial charge in [0.2, 0.25) is 0 Å². The van der Waals surface area contributed by atoms with E-state index in [-0.39, 0.29) is 5.41 Å². The van der Waals surface area contributed by atoms with E-state index in [1.54, 1.807) is 0 Å². The topological polar surface area (TPSA) is 38.5 Å². The molecule has 1 fully saturated rings. The Morgan fingerprint density at radius 1 is 1.38 bits per heavy atom. The molecule has 1 aliphatic rings. The van der Waals surface area contributed by atoms with E-state index in [1.165, 1.54) is 0 Å². The van der Waals surface area contributed by atoms with Crippen molar-refractivity contribution in [1.29, 1.82) is 0 Å². The number of nitrogens with zero attached hydrogens (tertiary/aromatic N) is 1. The molecule has 0 amide bonds. The normalized spacial score (nSPS) is 24.2. The Bertz CT molecular complexity index is 140. The molecule has 0 saturated carbocycles. The number of hydrogen-bond donors (Lipinski definition) is 1. The number of hydrogen-bond acceptors (Lipinski definition) is 3. The zero-order valence-electron chi connectivity index (χ0n) is 8.88. The second-order valence-electron chi connectivity index (χ2n) is 4.26. The molecule has 3 nitrogen and oxygen atoms in total. The maximum atomic E-state index is 5.78. The van der Waals surface area contributed by atoms with Crippen molar-refractivity contribution in [2.24, 2.45) is 11.1 Å². The van der Waals surface area contributed by atoms with Crippen LogP contribution in [0.15, 0.2) is 0 Å². The van der Waals surface area contributed by atoms with Gasteiger partial charge < -0.3 is 10.5 Å². The molecule has 13 heavy (non-hydrogen) atoms. The molecule has 0 radical (unpaired) electrons. The van der Waals surface area contributed by atoms with E-state index < -0.39 is 0 Å².